The number of thiazole rings is 1. The van der Waals surface area contributed by atoms with Gasteiger partial charge < -0.3 is 5.73 Å². The molecule has 76 valence electrons. The third-order valence-electron chi connectivity index (χ3n) is 2.43. The molecule has 0 aliphatic heterocycles. The Morgan fingerprint density at radius 3 is 3.07 bits per heavy atom. The lowest BCUT2D eigenvalue weighted by Gasteiger charge is -1.95. The first-order valence-electron chi connectivity index (χ1n) is 4.49. The van der Waals surface area contributed by atoms with Crippen molar-refractivity contribution in [1.82, 2.24) is 9.38 Å². The standard InChI is InChI=1S/C10H8ClN3S/c1-5-9(12)14-7-3-2-6(11)4-8(7)15-10(14)13-5/h2-4H,12H2,1H3. The average molecular weight is 238 g/mol. The first kappa shape index (κ1) is 9.00. The molecular formula is C10H8ClN3S. The number of rotatable bonds is 0. The second-order valence-corrected chi connectivity index (χ2v) is 4.86. The smallest absolute Gasteiger partial charge is 0.196 e. The van der Waals surface area contributed by atoms with E-state index in [2.05, 4.69) is 4.98 Å². The van der Waals surface area contributed by atoms with Crippen LogP contribution in [0.15, 0.2) is 18.2 Å². The van der Waals surface area contributed by atoms with Crippen LogP contribution in [-0.2, 0) is 0 Å². The van der Waals surface area contributed by atoms with Crippen LogP contribution in [0.5, 0.6) is 0 Å². The van der Waals surface area contributed by atoms with Gasteiger partial charge in [0.25, 0.3) is 0 Å². The van der Waals surface area contributed by atoms with Crippen LogP contribution in [-0.4, -0.2) is 9.38 Å². The van der Waals surface area contributed by atoms with Gasteiger partial charge in [0.2, 0.25) is 0 Å². The average Bonchev–Trinajstić information content (AvgIpc) is 2.64. The number of nitrogens with two attached hydrogens (primary N) is 1. The van der Waals surface area contributed by atoms with Gasteiger partial charge in [0.05, 0.1) is 15.9 Å². The molecule has 15 heavy (non-hydrogen) atoms. The number of fused-ring (bicyclic) bond motifs is 3. The molecule has 2 aromatic heterocycles. The van der Waals surface area contributed by atoms with Crippen molar-refractivity contribution in [1.29, 1.82) is 0 Å². The maximum absolute atomic E-state index is 5.96. The number of aryl methyl sites for hydroxylation is 1. The third kappa shape index (κ3) is 1.15. The fourth-order valence-corrected chi connectivity index (χ4v) is 3.02. The maximum Gasteiger partial charge on any atom is 0.196 e. The molecule has 3 nitrogen and oxygen atoms in total. The van der Waals surface area contributed by atoms with E-state index in [0.29, 0.717) is 5.82 Å². The molecule has 0 unspecified atom stereocenters. The Labute approximate surface area is 95.1 Å². The fourth-order valence-electron chi connectivity index (χ4n) is 1.67. The number of nitrogen functional groups attached to an aromatic ring is 1. The Bertz CT molecular complexity index is 668. The van der Waals surface area contributed by atoms with Gasteiger partial charge in [-0.3, -0.25) is 4.40 Å². The van der Waals surface area contributed by atoms with E-state index in [9.17, 15) is 0 Å². The number of hydrogen-bond donors (Lipinski definition) is 1. The molecule has 0 aliphatic rings. The summed E-state index contributed by atoms with van der Waals surface area (Å²) in [4.78, 5) is 5.31. The van der Waals surface area contributed by atoms with Gasteiger partial charge in [0, 0.05) is 5.02 Å². The van der Waals surface area contributed by atoms with E-state index in [0.717, 1.165) is 25.9 Å². The van der Waals surface area contributed by atoms with Crippen molar-refractivity contribution in [2.75, 3.05) is 5.73 Å². The minimum atomic E-state index is 0.707. The highest BCUT2D eigenvalue weighted by atomic mass is 35.5. The molecule has 3 rings (SSSR count). The second kappa shape index (κ2) is 2.87. The SMILES string of the molecule is Cc1nc2sc3cc(Cl)ccc3n2c1N. The fraction of sp³-hybridized carbons (Fsp3) is 0.100. The van der Waals surface area contributed by atoms with Crippen molar-refractivity contribution in [3.8, 4) is 0 Å². The summed E-state index contributed by atoms with van der Waals surface area (Å²) in [5.74, 6) is 0.707. The molecule has 2 N–H and O–H groups in total. The van der Waals surface area contributed by atoms with Crippen LogP contribution in [0, 0.1) is 6.92 Å². The van der Waals surface area contributed by atoms with Crippen LogP contribution in [0.3, 0.4) is 0 Å². The van der Waals surface area contributed by atoms with Gasteiger partial charge in [-0.1, -0.05) is 22.9 Å². The molecule has 0 fully saturated rings. The van der Waals surface area contributed by atoms with Crippen LogP contribution in [0.4, 0.5) is 5.82 Å². The number of aromatic nitrogens is 2. The minimum absolute atomic E-state index is 0.707. The van der Waals surface area contributed by atoms with E-state index < -0.39 is 0 Å². The van der Waals surface area contributed by atoms with E-state index >= 15 is 0 Å². The first-order valence-corrected chi connectivity index (χ1v) is 5.69. The molecule has 0 saturated carbocycles. The zero-order valence-corrected chi connectivity index (χ0v) is 9.56. The Kier molecular flexibility index (Phi) is 1.72. The summed E-state index contributed by atoms with van der Waals surface area (Å²) in [6, 6.07) is 5.77. The van der Waals surface area contributed by atoms with Gasteiger partial charge in [-0.25, -0.2) is 4.98 Å². The van der Waals surface area contributed by atoms with Gasteiger partial charge in [-0.2, -0.15) is 0 Å². The Morgan fingerprint density at radius 1 is 1.47 bits per heavy atom. The quantitative estimate of drug-likeness (QED) is 0.653. The van der Waals surface area contributed by atoms with Crippen molar-refractivity contribution >= 4 is 43.9 Å². The number of imidazole rings is 1. The molecule has 0 amide bonds. The summed E-state index contributed by atoms with van der Waals surface area (Å²) >= 11 is 7.53. The second-order valence-electron chi connectivity index (χ2n) is 3.41. The van der Waals surface area contributed by atoms with Gasteiger partial charge in [0.15, 0.2) is 4.96 Å². The minimum Gasteiger partial charge on any atom is -0.383 e. The molecule has 0 radical (unpaired) electrons. The highest BCUT2D eigenvalue weighted by Gasteiger charge is 2.11. The van der Waals surface area contributed by atoms with Crippen LogP contribution >= 0.6 is 22.9 Å². The third-order valence-corrected chi connectivity index (χ3v) is 3.67. The van der Waals surface area contributed by atoms with E-state index in [-0.39, 0.29) is 0 Å². The normalized spacial score (nSPS) is 11.6. The Morgan fingerprint density at radius 2 is 2.27 bits per heavy atom. The van der Waals surface area contributed by atoms with Crippen LogP contribution in [0.25, 0.3) is 15.2 Å². The summed E-state index contributed by atoms with van der Waals surface area (Å²) in [6.07, 6.45) is 0. The summed E-state index contributed by atoms with van der Waals surface area (Å²) in [7, 11) is 0. The lowest BCUT2D eigenvalue weighted by molar-refractivity contribution is 1.29. The summed E-state index contributed by atoms with van der Waals surface area (Å²) in [5.41, 5.74) is 7.90. The van der Waals surface area contributed by atoms with Gasteiger partial charge >= 0.3 is 0 Å². The molecule has 3 aromatic rings. The van der Waals surface area contributed by atoms with E-state index in [1.54, 1.807) is 11.3 Å². The number of nitrogens with zero attached hydrogens (tertiary/aromatic N) is 2. The topological polar surface area (TPSA) is 43.3 Å². The molecular weight excluding hydrogens is 230 g/mol. The molecule has 0 aliphatic carbocycles. The zero-order valence-electron chi connectivity index (χ0n) is 7.99. The molecule has 1 aromatic carbocycles. The van der Waals surface area contributed by atoms with Crippen LogP contribution < -0.4 is 5.73 Å². The van der Waals surface area contributed by atoms with Gasteiger partial charge in [0.1, 0.15) is 5.82 Å². The molecule has 0 bridgehead atoms. The number of benzene rings is 1. The van der Waals surface area contributed by atoms with Crippen molar-refractivity contribution in [3.05, 3.63) is 28.9 Å². The highest BCUT2D eigenvalue weighted by Crippen LogP contribution is 2.31. The molecule has 0 spiro atoms. The van der Waals surface area contributed by atoms with Gasteiger partial charge in [-0.15, -0.1) is 0 Å². The van der Waals surface area contributed by atoms with Crippen molar-refractivity contribution in [2.24, 2.45) is 0 Å². The predicted molar refractivity (Wildman–Crippen MR) is 64.7 cm³/mol. The van der Waals surface area contributed by atoms with E-state index in [1.165, 1.54) is 0 Å². The summed E-state index contributed by atoms with van der Waals surface area (Å²) in [5, 5.41) is 0.738. The number of hydrogen-bond acceptors (Lipinski definition) is 3. The summed E-state index contributed by atoms with van der Waals surface area (Å²) < 4.78 is 3.07. The van der Waals surface area contributed by atoms with Crippen molar-refractivity contribution in [3.63, 3.8) is 0 Å². The van der Waals surface area contributed by atoms with Crippen molar-refractivity contribution < 1.29 is 0 Å². The first-order chi connectivity index (χ1) is 7.16. The highest BCUT2D eigenvalue weighted by molar-refractivity contribution is 7.23. The Balaban J connectivity index is 2.56. The largest absolute Gasteiger partial charge is 0.383 e. The number of halogens is 1. The lowest BCUT2D eigenvalue weighted by Crippen LogP contribution is -1.92. The van der Waals surface area contributed by atoms with Crippen LogP contribution in [0.2, 0.25) is 5.02 Å². The molecule has 2 heterocycles. The monoisotopic (exact) mass is 237 g/mol. The molecule has 5 heteroatoms. The molecule has 0 saturated heterocycles. The summed E-state index contributed by atoms with van der Waals surface area (Å²) in [6.45, 7) is 1.91. The lowest BCUT2D eigenvalue weighted by atomic mass is 10.3. The van der Waals surface area contributed by atoms with Crippen molar-refractivity contribution in [2.45, 2.75) is 6.92 Å². The Hall–Kier alpha value is -1.26. The van der Waals surface area contributed by atoms with E-state index in [4.69, 9.17) is 17.3 Å². The molecule has 0 atom stereocenters. The van der Waals surface area contributed by atoms with E-state index in [1.807, 2.05) is 29.5 Å². The zero-order chi connectivity index (χ0) is 10.6. The maximum atomic E-state index is 5.96. The van der Waals surface area contributed by atoms with Crippen LogP contribution in [0.1, 0.15) is 5.69 Å². The number of anilines is 1. The predicted octanol–water partition coefficient (Wildman–Crippen LogP) is 3.09. The van der Waals surface area contributed by atoms with Gasteiger partial charge in [-0.05, 0) is 25.1 Å².